The largest absolute Gasteiger partial charge is 0.452 e. The summed E-state index contributed by atoms with van der Waals surface area (Å²) in [4.78, 5) is 28.0. The molecule has 8 heteroatoms. The first kappa shape index (κ1) is 18.9. The van der Waals surface area contributed by atoms with E-state index in [1.54, 1.807) is 31.2 Å². The van der Waals surface area contributed by atoms with Crippen LogP contribution in [0.4, 0.5) is 5.82 Å². The lowest BCUT2D eigenvalue weighted by molar-refractivity contribution is -0.119. The lowest BCUT2D eigenvalue weighted by Gasteiger charge is -2.10. The van der Waals surface area contributed by atoms with E-state index in [0.29, 0.717) is 16.1 Å². The Morgan fingerprint density at radius 1 is 1.15 bits per heavy atom. The number of ether oxygens (including phenoxy) is 1. The summed E-state index contributed by atoms with van der Waals surface area (Å²) in [5, 5.41) is 3.13. The molecule has 3 rings (SSSR count). The average Bonchev–Trinajstić information content (AvgIpc) is 3.21. The van der Waals surface area contributed by atoms with E-state index in [9.17, 15) is 9.59 Å². The monoisotopic (exact) mass is 403 g/mol. The maximum absolute atomic E-state index is 12.1. The third-order valence-electron chi connectivity index (χ3n) is 3.80. The van der Waals surface area contributed by atoms with E-state index in [2.05, 4.69) is 10.3 Å². The number of esters is 1. The summed E-state index contributed by atoms with van der Waals surface area (Å²) in [5.41, 5.74) is 1.86. The Labute approximate surface area is 165 Å². The van der Waals surface area contributed by atoms with Gasteiger partial charge in [-0.1, -0.05) is 23.2 Å². The Morgan fingerprint density at radius 3 is 2.48 bits per heavy atom. The lowest BCUT2D eigenvalue weighted by atomic mass is 10.2. The number of hydrogen-bond donors (Lipinski definition) is 1. The highest BCUT2D eigenvalue weighted by atomic mass is 35.5. The van der Waals surface area contributed by atoms with Crippen molar-refractivity contribution < 1.29 is 14.3 Å². The lowest BCUT2D eigenvalue weighted by Crippen LogP contribution is -2.21. The molecule has 0 saturated carbocycles. The van der Waals surface area contributed by atoms with E-state index < -0.39 is 18.5 Å². The molecule has 1 N–H and O–H groups in total. The van der Waals surface area contributed by atoms with Crippen molar-refractivity contribution >= 4 is 40.9 Å². The van der Waals surface area contributed by atoms with Gasteiger partial charge in [0.1, 0.15) is 0 Å². The van der Waals surface area contributed by atoms with Crippen molar-refractivity contribution in [3.63, 3.8) is 0 Å². The summed E-state index contributed by atoms with van der Waals surface area (Å²) in [6.07, 6.45) is 5.18. The summed E-state index contributed by atoms with van der Waals surface area (Å²) in [5.74, 6) is -0.991. The van der Waals surface area contributed by atoms with Crippen molar-refractivity contribution in [2.45, 2.75) is 6.92 Å². The number of carbonyl (C=O) groups is 2. The minimum Gasteiger partial charge on any atom is -0.452 e. The minimum absolute atomic E-state index is 0.163. The number of amides is 1. The van der Waals surface area contributed by atoms with E-state index >= 15 is 0 Å². The number of anilines is 1. The number of halogens is 2. The van der Waals surface area contributed by atoms with Crippen molar-refractivity contribution in [3.8, 4) is 5.69 Å². The number of hydrogen-bond acceptors (Lipinski definition) is 4. The minimum atomic E-state index is -0.601. The maximum atomic E-state index is 12.1. The topological polar surface area (TPSA) is 73.2 Å². The molecule has 0 spiro atoms. The molecule has 138 valence electrons. The van der Waals surface area contributed by atoms with Crippen LogP contribution in [0.5, 0.6) is 0 Å². The Kier molecular flexibility index (Phi) is 5.78. The number of rotatable bonds is 5. The number of nitrogens with zero attached hydrogens (tertiary/aromatic N) is 2. The maximum Gasteiger partial charge on any atom is 0.338 e. The summed E-state index contributed by atoms with van der Waals surface area (Å²) in [6, 6.07) is 10.7. The second-order valence-electron chi connectivity index (χ2n) is 5.66. The molecule has 0 bridgehead atoms. The molecule has 0 fully saturated rings. The molecule has 0 aliphatic rings. The smallest absolute Gasteiger partial charge is 0.338 e. The van der Waals surface area contributed by atoms with E-state index in [4.69, 9.17) is 27.9 Å². The fraction of sp³-hybridized carbons (Fsp3) is 0.105. The third kappa shape index (κ3) is 4.48. The van der Waals surface area contributed by atoms with Crippen LogP contribution in [0.3, 0.4) is 0 Å². The van der Waals surface area contributed by atoms with Gasteiger partial charge in [0.2, 0.25) is 0 Å². The highest BCUT2D eigenvalue weighted by Gasteiger charge is 2.14. The second-order valence-corrected chi connectivity index (χ2v) is 6.44. The zero-order valence-electron chi connectivity index (χ0n) is 14.3. The molecule has 0 aliphatic carbocycles. The van der Waals surface area contributed by atoms with Gasteiger partial charge in [0.25, 0.3) is 5.91 Å². The molecule has 2 aromatic heterocycles. The van der Waals surface area contributed by atoms with Crippen molar-refractivity contribution in [2.24, 2.45) is 0 Å². The first-order chi connectivity index (χ1) is 13.0. The van der Waals surface area contributed by atoms with Crippen LogP contribution in [0.1, 0.15) is 15.9 Å². The van der Waals surface area contributed by atoms with Gasteiger partial charge in [0.05, 0.1) is 15.6 Å². The van der Waals surface area contributed by atoms with E-state index in [-0.39, 0.29) is 10.8 Å². The first-order valence-corrected chi connectivity index (χ1v) is 8.72. The normalized spacial score (nSPS) is 10.5. The van der Waals surface area contributed by atoms with Crippen molar-refractivity contribution in [2.75, 3.05) is 11.9 Å². The molecule has 2 heterocycles. The van der Waals surface area contributed by atoms with Gasteiger partial charge in [-0.15, -0.1) is 0 Å². The summed E-state index contributed by atoms with van der Waals surface area (Å²) < 4.78 is 6.94. The first-order valence-electron chi connectivity index (χ1n) is 7.96. The van der Waals surface area contributed by atoms with Crippen LogP contribution in [0.15, 0.2) is 55.0 Å². The predicted molar refractivity (Wildman–Crippen MR) is 104 cm³/mol. The van der Waals surface area contributed by atoms with E-state index in [1.165, 1.54) is 6.20 Å². The molecule has 1 aromatic carbocycles. The van der Waals surface area contributed by atoms with E-state index in [0.717, 1.165) is 5.69 Å². The predicted octanol–water partition coefficient (Wildman–Crippen LogP) is 4.28. The van der Waals surface area contributed by atoms with Crippen LogP contribution in [-0.2, 0) is 9.53 Å². The quantitative estimate of drug-likeness (QED) is 0.645. The Balaban J connectivity index is 1.57. The van der Waals surface area contributed by atoms with Gasteiger partial charge in [-0.05, 0) is 48.9 Å². The standard InChI is InChI=1S/C19H15Cl2N3O3/c1-12-15(20)10-22-18(17(12)21)23-16(25)11-27-19(26)13-4-6-14(7-5-13)24-8-2-3-9-24/h2-10H,11H2,1H3,(H,22,23,25). The highest BCUT2D eigenvalue weighted by molar-refractivity contribution is 6.37. The molecular formula is C19H15Cl2N3O3. The van der Waals surface area contributed by atoms with Crippen LogP contribution in [0.25, 0.3) is 5.69 Å². The van der Waals surface area contributed by atoms with Crippen molar-refractivity contribution in [3.05, 3.63) is 76.2 Å². The molecule has 0 atom stereocenters. The van der Waals surface area contributed by atoms with Crippen LogP contribution >= 0.6 is 23.2 Å². The molecule has 1 amide bonds. The number of aromatic nitrogens is 2. The number of benzene rings is 1. The van der Waals surface area contributed by atoms with Gasteiger partial charge in [-0.25, -0.2) is 9.78 Å². The molecule has 0 saturated heterocycles. The van der Waals surface area contributed by atoms with Gasteiger partial charge >= 0.3 is 5.97 Å². The summed E-state index contributed by atoms with van der Waals surface area (Å²) >= 11 is 12.0. The van der Waals surface area contributed by atoms with Crippen LogP contribution < -0.4 is 5.32 Å². The van der Waals surface area contributed by atoms with Crippen molar-refractivity contribution in [1.29, 1.82) is 0 Å². The second kappa shape index (κ2) is 8.24. The SMILES string of the molecule is Cc1c(Cl)cnc(NC(=O)COC(=O)c2ccc(-n3cccc3)cc2)c1Cl. The third-order valence-corrected chi connectivity index (χ3v) is 4.64. The van der Waals surface area contributed by atoms with Crippen molar-refractivity contribution in [1.82, 2.24) is 9.55 Å². The fourth-order valence-electron chi connectivity index (χ4n) is 2.30. The zero-order chi connectivity index (χ0) is 19.4. The molecule has 0 radical (unpaired) electrons. The van der Waals surface area contributed by atoms with Gasteiger partial charge in [-0.3, -0.25) is 4.79 Å². The zero-order valence-corrected chi connectivity index (χ0v) is 15.8. The molecule has 0 aliphatic heterocycles. The van der Waals surface area contributed by atoms with Gasteiger partial charge < -0.3 is 14.6 Å². The average molecular weight is 404 g/mol. The molecule has 6 nitrogen and oxygen atoms in total. The van der Waals surface area contributed by atoms with Gasteiger partial charge in [0.15, 0.2) is 12.4 Å². The Hall–Kier alpha value is -2.83. The fourth-order valence-corrected chi connectivity index (χ4v) is 2.69. The number of pyridine rings is 1. The van der Waals surface area contributed by atoms with Crippen LogP contribution in [0, 0.1) is 6.92 Å². The molecular weight excluding hydrogens is 389 g/mol. The number of carbonyl (C=O) groups excluding carboxylic acids is 2. The molecule has 0 unspecified atom stereocenters. The number of nitrogens with one attached hydrogen (secondary N) is 1. The Morgan fingerprint density at radius 2 is 1.81 bits per heavy atom. The van der Waals surface area contributed by atoms with E-state index in [1.807, 2.05) is 29.1 Å². The highest BCUT2D eigenvalue weighted by Crippen LogP contribution is 2.28. The molecule has 3 aromatic rings. The summed E-state index contributed by atoms with van der Waals surface area (Å²) in [7, 11) is 0. The van der Waals surface area contributed by atoms with Crippen LogP contribution in [-0.4, -0.2) is 28.0 Å². The van der Waals surface area contributed by atoms with Crippen LogP contribution in [0.2, 0.25) is 10.0 Å². The van der Waals surface area contributed by atoms with Gasteiger partial charge in [0, 0.05) is 24.3 Å². The summed E-state index contributed by atoms with van der Waals surface area (Å²) in [6.45, 7) is 1.25. The van der Waals surface area contributed by atoms with Gasteiger partial charge in [-0.2, -0.15) is 0 Å². The Bertz CT molecular complexity index is 971. The molecule has 27 heavy (non-hydrogen) atoms.